The average molecular weight is 354 g/mol. The molecule has 1 amide bonds. The number of benzene rings is 2. The van der Waals surface area contributed by atoms with E-state index in [1.165, 1.54) is 12.1 Å². The molecule has 0 aliphatic rings. The van der Waals surface area contributed by atoms with Crippen LogP contribution in [0.15, 0.2) is 41.2 Å². The predicted octanol–water partition coefficient (Wildman–Crippen LogP) is 1.88. The highest BCUT2D eigenvalue weighted by atomic mass is 16.6. The number of fused-ring (bicyclic) bond motifs is 2. The van der Waals surface area contributed by atoms with Crippen LogP contribution in [0.3, 0.4) is 0 Å². The molecule has 0 aliphatic carbocycles. The lowest BCUT2D eigenvalue weighted by molar-refractivity contribution is -0.383. The van der Waals surface area contributed by atoms with Crippen LogP contribution in [0.5, 0.6) is 0 Å². The monoisotopic (exact) mass is 354 g/mol. The van der Waals surface area contributed by atoms with Crippen molar-refractivity contribution in [1.29, 1.82) is 0 Å². The van der Waals surface area contributed by atoms with E-state index in [-0.39, 0.29) is 22.2 Å². The maximum Gasteiger partial charge on any atom is 0.293 e. The van der Waals surface area contributed by atoms with Crippen molar-refractivity contribution in [2.75, 3.05) is 27.2 Å². The van der Waals surface area contributed by atoms with Crippen LogP contribution in [0.4, 0.5) is 5.69 Å². The molecule has 0 bridgehead atoms. The minimum absolute atomic E-state index is 0.0280. The summed E-state index contributed by atoms with van der Waals surface area (Å²) in [6.45, 7) is 1.03. The summed E-state index contributed by atoms with van der Waals surface area (Å²) in [5, 5.41) is 14.5. The molecule has 3 aromatic rings. The zero-order chi connectivity index (χ0) is 18.8. The van der Waals surface area contributed by atoms with Gasteiger partial charge in [0.2, 0.25) is 0 Å². The van der Waals surface area contributed by atoms with Gasteiger partial charge in [-0.1, -0.05) is 12.1 Å². The summed E-state index contributed by atoms with van der Waals surface area (Å²) < 4.78 is 0. The van der Waals surface area contributed by atoms with Crippen molar-refractivity contribution in [2.24, 2.45) is 0 Å². The molecule has 0 saturated heterocycles. The number of nitro benzene ring substituents is 1. The second-order valence-electron chi connectivity index (χ2n) is 6.20. The van der Waals surface area contributed by atoms with Gasteiger partial charge in [-0.3, -0.25) is 19.7 Å². The number of non-ortho nitro benzene ring substituents is 1. The highest BCUT2D eigenvalue weighted by Crippen LogP contribution is 2.26. The molecule has 1 heterocycles. The smallest absolute Gasteiger partial charge is 0.293 e. The van der Waals surface area contributed by atoms with E-state index in [0.29, 0.717) is 24.0 Å². The maximum atomic E-state index is 12.9. The van der Waals surface area contributed by atoms with E-state index in [2.05, 4.69) is 10.3 Å². The number of nitrogens with zero attached hydrogens (tertiary/aromatic N) is 2. The van der Waals surface area contributed by atoms with Gasteiger partial charge in [0.25, 0.3) is 11.6 Å². The number of pyridine rings is 1. The summed E-state index contributed by atoms with van der Waals surface area (Å²) in [5.74, 6) is -0.437. The number of H-pyrrole nitrogens is 1. The minimum atomic E-state index is -0.569. The fourth-order valence-corrected chi connectivity index (χ4v) is 2.84. The molecule has 2 N–H and O–H groups in total. The molecule has 0 spiro atoms. The molecular weight excluding hydrogens is 336 g/mol. The van der Waals surface area contributed by atoms with Crippen molar-refractivity contribution in [2.45, 2.75) is 0 Å². The molecule has 0 radical (unpaired) electrons. The Hall–Kier alpha value is -3.26. The van der Waals surface area contributed by atoms with Gasteiger partial charge < -0.3 is 15.2 Å². The summed E-state index contributed by atoms with van der Waals surface area (Å²) >= 11 is 0. The number of aromatic nitrogens is 1. The van der Waals surface area contributed by atoms with Gasteiger partial charge in [-0.25, -0.2) is 0 Å². The fraction of sp³-hybridized carbons (Fsp3) is 0.222. The van der Waals surface area contributed by atoms with E-state index < -0.39 is 16.3 Å². The first-order valence-corrected chi connectivity index (χ1v) is 8.05. The zero-order valence-corrected chi connectivity index (χ0v) is 14.4. The Labute approximate surface area is 148 Å². The Kier molecular flexibility index (Phi) is 4.68. The van der Waals surface area contributed by atoms with E-state index in [1.54, 1.807) is 24.3 Å². The summed E-state index contributed by atoms with van der Waals surface area (Å²) in [6.07, 6.45) is 0. The van der Waals surface area contributed by atoms with Crippen molar-refractivity contribution in [3.8, 4) is 0 Å². The maximum absolute atomic E-state index is 12.9. The number of carbonyl (C=O) groups is 1. The van der Waals surface area contributed by atoms with Gasteiger partial charge in [-0.2, -0.15) is 0 Å². The van der Waals surface area contributed by atoms with Crippen molar-refractivity contribution < 1.29 is 9.72 Å². The van der Waals surface area contributed by atoms with Crippen LogP contribution in [0, 0.1) is 10.1 Å². The SMILES string of the molecule is CN(C)CCNC(=O)c1ccc([N+](=O)[O-])c2[nH]c3ccccc3c(=O)c12. The third-order valence-electron chi connectivity index (χ3n) is 4.13. The lowest BCUT2D eigenvalue weighted by Gasteiger charge is -2.12. The average Bonchev–Trinajstić information content (AvgIpc) is 2.60. The first-order chi connectivity index (χ1) is 12.4. The molecule has 3 rings (SSSR count). The third-order valence-corrected chi connectivity index (χ3v) is 4.13. The number of para-hydroxylation sites is 1. The van der Waals surface area contributed by atoms with E-state index in [1.807, 2.05) is 19.0 Å². The molecule has 8 heteroatoms. The number of carbonyl (C=O) groups excluding carboxylic acids is 1. The van der Waals surface area contributed by atoms with Crippen LogP contribution in [0.1, 0.15) is 10.4 Å². The van der Waals surface area contributed by atoms with E-state index in [4.69, 9.17) is 0 Å². The second-order valence-corrected chi connectivity index (χ2v) is 6.20. The standard InChI is InChI=1S/C18H18N4O4/c1-21(2)10-9-19-18(24)12-7-8-14(22(25)26)16-15(12)17(23)11-5-3-4-6-13(11)20-16/h3-8H,9-10H2,1-2H3,(H,19,24)(H,20,23). The first kappa shape index (κ1) is 17.6. The molecule has 26 heavy (non-hydrogen) atoms. The van der Waals surface area contributed by atoms with Crippen LogP contribution in [0.25, 0.3) is 21.8 Å². The number of amides is 1. The lowest BCUT2D eigenvalue weighted by Crippen LogP contribution is -2.32. The quantitative estimate of drug-likeness (QED) is 0.413. The summed E-state index contributed by atoms with van der Waals surface area (Å²) in [4.78, 5) is 41.1. The number of hydrogen-bond donors (Lipinski definition) is 2. The molecule has 2 aromatic carbocycles. The highest BCUT2D eigenvalue weighted by Gasteiger charge is 2.22. The van der Waals surface area contributed by atoms with Gasteiger partial charge >= 0.3 is 0 Å². The number of hydrogen-bond acceptors (Lipinski definition) is 5. The van der Waals surface area contributed by atoms with E-state index >= 15 is 0 Å². The Morgan fingerprint density at radius 1 is 1.23 bits per heavy atom. The molecular formula is C18H18N4O4. The van der Waals surface area contributed by atoms with Crippen molar-refractivity contribution >= 4 is 33.4 Å². The van der Waals surface area contributed by atoms with Crippen molar-refractivity contribution in [3.05, 3.63) is 62.3 Å². The topological polar surface area (TPSA) is 108 Å². The largest absolute Gasteiger partial charge is 0.351 e. The molecule has 134 valence electrons. The second kappa shape index (κ2) is 6.93. The Balaban J connectivity index is 2.23. The normalized spacial score (nSPS) is 11.2. The fourth-order valence-electron chi connectivity index (χ4n) is 2.84. The minimum Gasteiger partial charge on any atom is -0.351 e. The predicted molar refractivity (Wildman–Crippen MR) is 99.6 cm³/mol. The summed E-state index contributed by atoms with van der Waals surface area (Å²) in [5.41, 5.74) is 0.0112. The van der Waals surface area contributed by atoms with E-state index in [9.17, 15) is 19.7 Å². The number of nitrogens with one attached hydrogen (secondary N) is 2. The Bertz CT molecular complexity index is 1070. The summed E-state index contributed by atoms with van der Waals surface area (Å²) in [6, 6.07) is 9.30. The van der Waals surface area contributed by atoms with Crippen molar-refractivity contribution in [3.63, 3.8) is 0 Å². The van der Waals surface area contributed by atoms with Crippen molar-refractivity contribution in [1.82, 2.24) is 15.2 Å². The van der Waals surface area contributed by atoms with Crippen LogP contribution in [0.2, 0.25) is 0 Å². The van der Waals surface area contributed by atoms with Gasteiger partial charge in [0.15, 0.2) is 5.43 Å². The molecule has 0 fully saturated rings. The van der Waals surface area contributed by atoms with Gasteiger partial charge in [-0.15, -0.1) is 0 Å². The number of nitro groups is 1. The highest BCUT2D eigenvalue weighted by molar-refractivity contribution is 6.10. The summed E-state index contributed by atoms with van der Waals surface area (Å²) in [7, 11) is 3.76. The molecule has 0 atom stereocenters. The van der Waals surface area contributed by atoms with E-state index in [0.717, 1.165) is 0 Å². The number of rotatable bonds is 5. The Morgan fingerprint density at radius 3 is 2.65 bits per heavy atom. The third kappa shape index (κ3) is 3.14. The first-order valence-electron chi connectivity index (χ1n) is 8.05. The van der Waals surface area contributed by atoms with Crippen LogP contribution < -0.4 is 10.7 Å². The zero-order valence-electron chi connectivity index (χ0n) is 14.4. The number of aromatic amines is 1. The molecule has 8 nitrogen and oxygen atoms in total. The van der Waals surface area contributed by atoms with Crippen LogP contribution >= 0.6 is 0 Å². The number of likely N-dealkylation sites (N-methyl/N-ethyl adjacent to an activating group) is 1. The molecule has 0 aliphatic heterocycles. The van der Waals surface area contributed by atoms with Gasteiger partial charge in [0.1, 0.15) is 5.52 Å². The van der Waals surface area contributed by atoms with Crippen LogP contribution in [-0.4, -0.2) is 47.9 Å². The van der Waals surface area contributed by atoms with Crippen LogP contribution in [-0.2, 0) is 0 Å². The Morgan fingerprint density at radius 2 is 1.96 bits per heavy atom. The molecule has 0 saturated carbocycles. The molecule has 1 aromatic heterocycles. The van der Waals surface area contributed by atoms with Gasteiger partial charge in [0.05, 0.1) is 15.9 Å². The lowest BCUT2D eigenvalue weighted by atomic mass is 10.0. The van der Waals surface area contributed by atoms with Gasteiger partial charge in [0, 0.05) is 30.1 Å². The molecule has 0 unspecified atom stereocenters. The van der Waals surface area contributed by atoms with Gasteiger partial charge in [-0.05, 0) is 32.3 Å².